The maximum absolute atomic E-state index is 10.8. The number of carbonyl (C=O) groups is 1. The van der Waals surface area contributed by atoms with Crippen LogP contribution >= 0.6 is 0 Å². The first-order valence-corrected chi connectivity index (χ1v) is 6.92. The number of carboxylic acid groups (broad SMARTS) is 1. The van der Waals surface area contributed by atoms with Crippen molar-refractivity contribution in [1.29, 1.82) is 0 Å². The van der Waals surface area contributed by atoms with E-state index in [0.29, 0.717) is 12.5 Å². The van der Waals surface area contributed by atoms with E-state index in [4.69, 9.17) is 5.11 Å². The van der Waals surface area contributed by atoms with Crippen molar-refractivity contribution in [1.82, 2.24) is 19.2 Å². The lowest BCUT2D eigenvalue weighted by molar-refractivity contribution is 0.0697. The summed E-state index contributed by atoms with van der Waals surface area (Å²) in [5.41, 5.74) is 3.32. The average Bonchev–Trinajstić information content (AvgIpc) is 3.07. The summed E-state index contributed by atoms with van der Waals surface area (Å²) in [5.74, 6) is -0.255. The molecule has 0 aromatic carbocycles. The van der Waals surface area contributed by atoms with Crippen molar-refractivity contribution >= 4 is 11.6 Å². The summed E-state index contributed by atoms with van der Waals surface area (Å²) in [5, 5.41) is 12.9. The van der Waals surface area contributed by atoms with Gasteiger partial charge in [-0.3, -0.25) is 4.68 Å². The first kappa shape index (κ1) is 12.1. The fraction of sp³-hybridized carbons (Fsp3) is 0.267. The Balaban J connectivity index is 1.61. The van der Waals surface area contributed by atoms with E-state index in [1.165, 1.54) is 30.8 Å². The predicted molar refractivity (Wildman–Crippen MR) is 75.5 cm³/mol. The van der Waals surface area contributed by atoms with E-state index in [1.807, 2.05) is 16.7 Å². The Hall–Kier alpha value is -2.63. The molecule has 1 fully saturated rings. The van der Waals surface area contributed by atoms with Gasteiger partial charge in [0.2, 0.25) is 0 Å². The maximum atomic E-state index is 10.8. The van der Waals surface area contributed by atoms with Crippen LogP contribution in [0.5, 0.6) is 0 Å². The second kappa shape index (κ2) is 4.44. The monoisotopic (exact) mass is 282 g/mol. The van der Waals surface area contributed by atoms with Crippen LogP contribution in [0.1, 0.15) is 40.4 Å². The van der Waals surface area contributed by atoms with Gasteiger partial charge in [-0.25, -0.2) is 9.78 Å². The summed E-state index contributed by atoms with van der Waals surface area (Å²) in [4.78, 5) is 15.4. The van der Waals surface area contributed by atoms with Gasteiger partial charge in [-0.05, 0) is 30.4 Å². The third-order valence-corrected chi connectivity index (χ3v) is 3.78. The van der Waals surface area contributed by atoms with Crippen molar-refractivity contribution in [2.75, 3.05) is 0 Å². The van der Waals surface area contributed by atoms with Gasteiger partial charge in [0.15, 0.2) is 0 Å². The number of aromatic nitrogens is 4. The minimum Gasteiger partial charge on any atom is -0.478 e. The minimum atomic E-state index is -0.967. The van der Waals surface area contributed by atoms with Crippen molar-refractivity contribution in [3.05, 3.63) is 53.7 Å². The number of nitrogens with zero attached hydrogens (tertiary/aromatic N) is 4. The summed E-state index contributed by atoms with van der Waals surface area (Å²) in [6, 6.07) is 4.17. The molecule has 3 aromatic rings. The van der Waals surface area contributed by atoms with E-state index in [0.717, 1.165) is 11.3 Å². The van der Waals surface area contributed by atoms with E-state index in [2.05, 4.69) is 22.3 Å². The second-order valence-corrected chi connectivity index (χ2v) is 5.47. The van der Waals surface area contributed by atoms with Crippen molar-refractivity contribution in [3.63, 3.8) is 0 Å². The van der Waals surface area contributed by atoms with Crippen molar-refractivity contribution in [3.8, 4) is 0 Å². The molecule has 3 aromatic heterocycles. The van der Waals surface area contributed by atoms with E-state index < -0.39 is 5.97 Å². The average molecular weight is 282 g/mol. The molecule has 106 valence electrons. The molecule has 0 spiro atoms. The molecule has 1 aliphatic rings. The number of imidazole rings is 1. The molecule has 3 heterocycles. The van der Waals surface area contributed by atoms with Crippen molar-refractivity contribution < 1.29 is 9.90 Å². The zero-order valence-corrected chi connectivity index (χ0v) is 11.3. The highest BCUT2D eigenvalue weighted by Crippen LogP contribution is 2.39. The topological polar surface area (TPSA) is 72.4 Å². The molecule has 0 radical (unpaired) electrons. The Morgan fingerprint density at radius 2 is 2.14 bits per heavy atom. The lowest BCUT2D eigenvalue weighted by atomic mass is 10.2. The molecule has 21 heavy (non-hydrogen) atoms. The number of pyridine rings is 1. The lowest BCUT2D eigenvalue weighted by Crippen LogP contribution is -2.00. The molecule has 0 saturated heterocycles. The third kappa shape index (κ3) is 2.29. The highest BCUT2D eigenvalue weighted by atomic mass is 16.4. The Labute approximate surface area is 120 Å². The Morgan fingerprint density at radius 3 is 2.86 bits per heavy atom. The number of fused-ring (bicyclic) bond motifs is 1. The largest absolute Gasteiger partial charge is 0.478 e. The Bertz CT molecular complexity index is 829. The molecule has 4 rings (SSSR count). The number of aromatic carboxylic acids is 1. The molecule has 1 saturated carbocycles. The highest BCUT2D eigenvalue weighted by molar-refractivity contribution is 5.86. The van der Waals surface area contributed by atoms with Gasteiger partial charge in [0.05, 0.1) is 24.0 Å². The van der Waals surface area contributed by atoms with Gasteiger partial charge in [0.25, 0.3) is 0 Å². The first-order valence-electron chi connectivity index (χ1n) is 6.92. The number of hydrogen-bond donors (Lipinski definition) is 1. The normalized spacial score (nSPS) is 14.7. The van der Waals surface area contributed by atoms with E-state index in [-0.39, 0.29) is 5.56 Å². The first-order chi connectivity index (χ1) is 10.2. The summed E-state index contributed by atoms with van der Waals surface area (Å²) < 4.78 is 3.62. The van der Waals surface area contributed by atoms with Gasteiger partial charge < -0.3 is 9.51 Å². The smallest absolute Gasteiger partial charge is 0.338 e. The summed E-state index contributed by atoms with van der Waals surface area (Å²) in [7, 11) is 0. The van der Waals surface area contributed by atoms with Crippen molar-refractivity contribution in [2.24, 2.45) is 0 Å². The standard InChI is InChI=1S/C15H14N4O2/c20-15(21)12-5-16-19(7-12)9-13-8-18-6-11(10-1-2-10)3-4-14(18)17-13/h3-8,10H,1-2,9H2,(H,20,21). The summed E-state index contributed by atoms with van der Waals surface area (Å²) >= 11 is 0. The third-order valence-electron chi connectivity index (χ3n) is 3.78. The zero-order chi connectivity index (χ0) is 14.4. The summed E-state index contributed by atoms with van der Waals surface area (Å²) in [6.45, 7) is 0.466. The van der Waals surface area contributed by atoms with Crippen LogP contribution in [0, 0.1) is 0 Å². The minimum absolute atomic E-state index is 0.190. The number of carboxylic acids is 1. The fourth-order valence-corrected chi connectivity index (χ4v) is 2.52. The van der Waals surface area contributed by atoms with Gasteiger partial charge in [0.1, 0.15) is 5.65 Å². The van der Waals surface area contributed by atoms with Crippen LogP contribution in [-0.4, -0.2) is 30.2 Å². The zero-order valence-electron chi connectivity index (χ0n) is 11.3. The molecule has 0 unspecified atom stereocenters. The SMILES string of the molecule is O=C(O)c1cnn(Cc2cn3cc(C4CC4)ccc3n2)c1. The Morgan fingerprint density at radius 1 is 1.29 bits per heavy atom. The molecule has 1 aliphatic carbocycles. The molecule has 0 aliphatic heterocycles. The van der Waals surface area contributed by atoms with Crippen LogP contribution in [-0.2, 0) is 6.54 Å². The fourth-order valence-electron chi connectivity index (χ4n) is 2.52. The second-order valence-electron chi connectivity index (χ2n) is 5.47. The van der Waals surface area contributed by atoms with Gasteiger partial charge in [-0.2, -0.15) is 5.10 Å². The molecule has 6 nitrogen and oxygen atoms in total. The van der Waals surface area contributed by atoms with Crippen LogP contribution in [0.2, 0.25) is 0 Å². The molecule has 0 atom stereocenters. The van der Waals surface area contributed by atoms with Crippen LogP contribution < -0.4 is 0 Å². The van der Waals surface area contributed by atoms with Crippen molar-refractivity contribution in [2.45, 2.75) is 25.3 Å². The van der Waals surface area contributed by atoms with Gasteiger partial charge in [-0.15, -0.1) is 0 Å². The molecule has 1 N–H and O–H groups in total. The van der Waals surface area contributed by atoms with Crippen LogP contribution in [0.4, 0.5) is 0 Å². The van der Waals surface area contributed by atoms with Gasteiger partial charge in [0, 0.05) is 18.6 Å². The highest BCUT2D eigenvalue weighted by Gasteiger charge is 2.23. The summed E-state index contributed by atoms with van der Waals surface area (Å²) in [6.07, 6.45) is 9.53. The quantitative estimate of drug-likeness (QED) is 0.796. The molecule has 0 amide bonds. The maximum Gasteiger partial charge on any atom is 0.338 e. The van der Waals surface area contributed by atoms with Crippen LogP contribution in [0.15, 0.2) is 36.9 Å². The van der Waals surface area contributed by atoms with Crippen LogP contribution in [0.3, 0.4) is 0 Å². The predicted octanol–water partition coefficient (Wildman–Crippen LogP) is 2.15. The Kier molecular flexibility index (Phi) is 2.57. The molecular weight excluding hydrogens is 268 g/mol. The number of hydrogen-bond acceptors (Lipinski definition) is 3. The van der Waals surface area contributed by atoms with E-state index >= 15 is 0 Å². The van der Waals surface area contributed by atoms with E-state index in [9.17, 15) is 4.79 Å². The molecule has 6 heteroatoms. The lowest BCUT2D eigenvalue weighted by Gasteiger charge is -1.98. The van der Waals surface area contributed by atoms with Crippen LogP contribution in [0.25, 0.3) is 5.65 Å². The van der Waals surface area contributed by atoms with E-state index in [1.54, 1.807) is 4.68 Å². The van der Waals surface area contributed by atoms with Gasteiger partial charge in [-0.1, -0.05) is 6.07 Å². The molecular formula is C15H14N4O2. The number of rotatable bonds is 4. The van der Waals surface area contributed by atoms with Gasteiger partial charge >= 0.3 is 5.97 Å². The molecule has 0 bridgehead atoms.